The molecule has 0 fully saturated rings. The number of fused-ring (bicyclic) bond motifs is 1. The Hall–Kier alpha value is -3.42. The number of aromatic nitrogens is 5. The normalized spacial score (nSPS) is 12.3. The van der Waals surface area contributed by atoms with E-state index in [1.807, 2.05) is 13.0 Å². The summed E-state index contributed by atoms with van der Waals surface area (Å²) in [6.07, 6.45) is 3.15. The van der Waals surface area contributed by atoms with Crippen LogP contribution in [0.5, 0.6) is 0 Å². The molecule has 7 nitrogen and oxygen atoms in total. The Kier molecular flexibility index (Phi) is 4.00. The van der Waals surface area contributed by atoms with Gasteiger partial charge in [0, 0.05) is 11.8 Å². The van der Waals surface area contributed by atoms with Gasteiger partial charge in [-0.1, -0.05) is 17.3 Å². The summed E-state index contributed by atoms with van der Waals surface area (Å²) >= 11 is 0. The minimum Gasteiger partial charge on any atom is -0.358 e. The van der Waals surface area contributed by atoms with Crippen LogP contribution >= 0.6 is 0 Å². The summed E-state index contributed by atoms with van der Waals surface area (Å²) in [4.78, 5) is 17.1. The maximum Gasteiger partial charge on any atom is 0.248 e. The zero-order chi connectivity index (χ0) is 18.1. The first-order chi connectivity index (χ1) is 12.6. The lowest BCUT2D eigenvalue weighted by molar-refractivity contribution is 0.364. The van der Waals surface area contributed by atoms with Crippen molar-refractivity contribution >= 4 is 16.9 Å². The van der Waals surface area contributed by atoms with Gasteiger partial charge in [0.1, 0.15) is 24.0 Å². The van der Waals surface area contributed by atoms with Gasteiger partial charge in [-0.3, -0.25) is 0 Å². The number of hydrogen-bond acceptors (Lipinski definition) is 7. The smallest absolute Gasteiger partial charge is 0.248 e. The van der Waals surface area contributed by atoms with E-state index in [9.17, 15) is 4.39 Å². The van der Waals surface area contributed by atoms with E-state index < -0.39 is 0 Å². The fourth-order valence-corrected chi connectivity index (χ4v) is 2.62. The fraction of sp³-hybridized carbons (Fsp3) is 0.167. The van der Waals surface area contributed by atoms with Crippen molar-refractivity contribution in [2.75, 3.05) is 5.32 Å². The summed E-state index contributed by atoms with van der Waals surface area (Å²) in [7, 11) is 0. The number of anilines is 1. The number of halogens is 1. The third kappa shape index (κ3) is 3.08. The van der Waals surface area contributed by atoms with E-state index in [-0.39, 0.29) is 11.9 Å². The predicted molar refractivity (Wildman–Crippen MR) is 93.8 cm³/mol. The minimum absolute atomic E-state index is 0.233. The summed E-state index contributed by atoms with van der Waals surface area (Å²) in [6.45, 7) is 3.66. The quantitative estimate of drug-likeness (QED) is 0.600. The largest absolute Gasteiger partial charge is 0.358 e. The van der Waals surface area contributed by atoms with E-state index in [0.717, 1.165) is 16.5 Å². The van der Waals surface area contributed by atoms with Gasteiger partial charge in [-0.25, -0.2) is 19.3 Å². The molecule has 4 rings (SSSR count). The van der Waals surface area contributed by atoms with Crippen LogP contribution < -0.4 is 5.32 Å². The molecule has 0 aliphatic rings. The molecule has 0 amide bonds. The molecule has 0 bridgehead atoms. The van der Waals surface area contributed by atoms with E-state index in [0.29, 0.717) is 23.2 Å². The number of pyridine rings is 1. The molecule has 3 heterocycles. The van der Waals surface area contributed by atoms with E-state index in [2.05, 4.69) is 30.4 Å². The molecule has 0 aliphatic carbocycles. The second-order valence-electron chi connectivity index (χ2n) is 5.87. The lowest BCUT2D eigenvalue weighted by Gasteiger charge is -2.12. The standard InChI is InChI=1S/C18H15FN6O/c1-10(18-24-11(2)25-26-18)23-17-15-7-13(8-20-16(15)21-9-22-17)12-3-5-14(19)6-4-12/h3-10H,1-2H3,(H,20,21,22,23). The average Bonchev–Trinajstić information content (AvgIpc) is 3.09. The van der Waals surface area contributed by atoms with Crippen LogP contribution in [-0.2, 0) is 0 Å². The fourth-order valence-electron chi connectivity index (χ4n) is 2.62. The molecule has 0 aliphatic heterocycles. The number of aryl methyl sites for hydroxylation is 1. The van der Waals surface area contributed by atoms with E-state index >= 15 is 0 Å². The summed E-state index contributed by atoms with van der Waals surface area (Å²) in [6, 6.07) is 7.94. The first-order valence-electron chi connectivity index (χ1n) is 8.03. The van der Waals surface area contributed by atoms with Crippen LogP contribution in [0.3, 0.4) is 0 Å². The highest BCUT2D eigenvalue weighted by Gasteiger charge is 2.15. The van der Waals surface area contributed by atoms with Gasteiger partial charge in [-0.15, -0.1) is 0 Å². The molecule has 0 spiro atoms. The molecule has 1 unspecified atom stereocenters. The molecule has 1 N–H and O–H groups in total. The maximum atomic E-state index is 13.2. The first-order valence-corrected chi connectivity index (χ1v) is 8.03. The Morgan fingerprint density at radius 3 is 2.62 bits per heavy atom. The molecule has 26 heavy (non-hydrogen) atoms. The number of hydrogen-bond donors (Lipinski definition) is 1. The Labute approximate surface area is 148 Å². The zero-order valence-corrected chi connectivity index (χ0v) is 14.1. The van der Waals surface area contributed by atoms with Crippen LogP contribution in [0.15, 0.2) is 47.4 Å². The molecule has 0 radical (unpaired) electrons. The molecule has 3 aromatic heterocycles. The van der Waals surface area contributed by atoms with Gasteiger partial charge < -0.3 is 9.84 Å². The Morgan fingerprint density at radius 1 is 1.08 bits per heavy atom. The van der Waals surface area contributed by atoms with Gasteiger partial charge >= 0.3 is 0 Å². The highest BCUT2D eigenvalue weighted by Crippen LogP contribution is 2.27. The van der Waals surface area contributed by atoms with Crippen LogP contribution in [0.2, 0.25) is 0 Å². The monoisotopic (exact) mass is 350 g/mol. The van der Waals surface area contributed by atoms with Crippen LogP contribution in [0.1, 0.15) is 24.7 Å². The Bertz CT molecular complexity index is 1060. The molecule has 4 aromatic rings. The molecule has 1 aromatic carbocycles. The maximum absolute atomic E-state index is 13.2. The predicted octanol–water partition coefficient (Wildman–Crippen LogP) is 3.70. The zero-order valence-electron chi connectivity index (χ0n) is 14.1. The van der Waals surface area contributed by atoms with Gasteiger partial charge in [-0.2, -0.15) is 4.98 Å². The molecule has 1 atom stereocenters. The molecule has 0 saturated heterocycles. The summed E-state index contributed by atoms with van der Waals surface area (Å²) in [5.74, 6) is 1.37. The minimum atomic E-state index is -0.281. The highest BCUT2D eigenvalue weighted by molar-refractivity contribution is 5.89. The van der Waals surface area contributed by atoms with Gasteiger partial charge in [0.15, 0.2) is 11.5 Å². The summed E-state index contributed by atoms with van der Waals surface area (Å²) < 4.78 is 18.4. The van der Waals surface area contributed by atoms with Crippen molar-refractivity contribution in [2.24, 2.45) is 0 Å². The van der Waals surface area contributed by atoms with E-state index in [4.69, 9.17) is 4.52 Å². The second-order valence-corrected chi connectivity index (χ2v) is 5.87. The third-order valence-corrected chi connectivity index (χ3v) is 3.93. The van der Waals surface area contributed by atoms with Crippen molar-refractivity contribution in [2.45, 2.75) is 19.9 Å². The number of benzene rings is 1. The van der Waals surface area contributed by atoms with Crippen LogP contribution in [0.4, 0.5) is 10.2 Å². The van der Waals surface area contributed by atoms with Crippen LogP contribution in [-0.4, -0.2) is 25.1 Å². The number of rotatable bonds is 4. The van der Waals surface area contributed by atoms with Crippen molar-refractivity contribution < 1.29 is 8.91 Å². The molecular formula is C18H15FN6O. The van der Waals surface area contributed by atoms with Crippen molar-refractivity contribution in [3.8, 4) is 11.1 Å². The van der Waals surface area contributed by atoms with Gasteiger partial charge in [0.25, 0.3) is 0 Å². The molecule has 8 heteroatoms. The van der Waals surface area contributed by atoms with Crippen molar-refractivity contribution in [3.05, 3.63) is 60.4 Å². The molecular weight excluding hydrogens is 335 g/mol. The number of nitrogens with one attached hydrogen (secondary N) is 1. The number of nitrogens with zero attached hydrogens (tertiary/aromatic N) is 5. The van der Waals surface area contributed by atoms with Crippen LogP contribution in [0, 0.1) is 12.7 Å². The average molecular weight is 350 g/mol. The van der Waals surface area contributed by atoms with Gasteiger partial charge in [0.05, 0.1) is 5.39 Å². The Morgan fingerprint density at radius 2 is 1.88 bits per heavy atom. The topological polar surface area (TPSA) is 89.6 Å². The van der Waals surface area contributed by atoms with Crippen molar-refractivity contribution in [3.63, 3.8) is 0 Å². The van der Waals surface area contributed by atoms with Crippen molar-refractivity contribution in [1.82, 2.24) is 25.1 Å². The van der Waals surface area contributed by atoms with Gasteiger partial charge in [0.2, 0.25) is 5.89 Å². The summed E-state index contributed by atoms with van der Waals surface area (Å²) in [5, 5.41) is 7.80. The Balaban J connectivity index is 1.72. The lowest BCUT2D eigenvalue weighted by Crippen LogP contribution is -2.09. The van der Waals surface area contributed by atoms with Gasteiger partial charge in [-0.05, 0) is 37.6 Å². The first kappa shape index (κ1) is 16.1. The van der Waals surface area contributed by atoms with E-state index in [1.54, 1.807) is 25.3 Å². The molecule has 0 saturated carbocycles. The highest BCUT2D eigenvalue weighted by atomic mass is 19.1. The van der Waals surface area contributed by atoms with Crippen LogP contribution in [0.25, 0.3) is 22.2 Å². The lowest BCUT2D eigenvalue weighted by atomic mass is 10.1. The second kappa shape index (κ2) is 6.47. The third-order valence-electron chi connectivity index (χ3n) is 3.93. The van der Waals surface area contributed by atoms with E-state index in [1.165, 1.54) is 18.5 Å². The molecule has 130 valence electrons. The summed E-state index contributed by atoms with van der Waals surface area (Å²) in [5.41, 5.74) is 2.26. The van der Waals surface area contributed by atoms with Crippen molar-refractivity contribution in [1.29, 1.82) is 0 Å². The SMILES string of the molecule is Cc1noc(C(C)Nc2ncnc3ncc(-c4ccc(F)cc4)cc23)n1.